The lowest BCUT2D eigenvalue weighted by Gasteiger charge is -2.25. The van der Waals surface area contributed by atoms with E-state index in [4.69, 9.17) is 56.8 Å². The number of anilines is 5. The van der Waals surface area contributed by atoms with E-state index in [2.05, 4.69) is 83.6 Å². The summed E-state index contributed by atoms with van der Waals surface area (Å²) in [4.78, 5) is 150. The summed E-state index contributed by atoms with van der Waals surface area (Å²) in [5, 5.41) is 28.0. The van der Waals surface area contributed by atoms with Gasteiger partial charge in [-0.2, -0.15) is 4.39 Å². The molecular formula is C102H118ClFN28O14. The quantitative estimate of drug-likeness (QED) is 0.00630. The number of fused-ring (bicyclic) bond motifs is 4. The summed E-state index contributed by atoms with van der Waals surface area (Å²) in [6.07, 6.45) is 9.17. The standard InChI is InChI=1S/C27H31N7O3.C24H27N7O4.C24H29N7O2.C19H14FN5O4.C5H14N2.C3H3ClO/c1-6-26(35)29-20-15-18(23(37-5)17-22(20)33(4)14-13-32(2)3)16-24-28-12-11-25(31-24)34-21-10-8-7-9-19(21)30-27(34)36;1-28(2)11-12-29(3)19-15-21(35-4)16(13-20(19)31(33)34)14-22-25-10-9-23(27-22)30-18-8-6-5-7-17(18)26-24(30)32;1-29(2)11-12-30(3)20-15-21(33-4)16(13-17(20)25)14-22-26-10-9-23(28-22)31-19-8-6-5-7-18(19)27-24(31)32;1-29-16-10-12(20)15(25(27)28)8-11(16)9-17-21-7-6-18(23-17)24-14-5-3-2-4-13(14)22-19(24)26;1-6-4-5-7(2)3;1-2-3(4)5/h6-12,15,17H,1,13-14,16H2,2-5H3,(H,29,35)(H,30,36);5-10,13,15H,11-12,14H2,1-4H3,(H,26,32);5-10,13,15H,11-12,14,25H2,1-4H3,(H,27,32);2-8,10H,9H2,1H3,(H,22,26);6H,4-5H2,1-3H3;2H,1H2/i2D3;2*1D3;;2D3,3D3;. The molecule has 0 fully saturated rings. The number of halogens is 2. The van der Waals surface area contributed by atoms with Crippen molar-refractivity contribution in [2.24, 2.45) is 0 Å². The largest absolute Gasteiger partial charge is 0.496 e. The normalized spacial score (nSPS) is 12.9. The van der Waals surface area contributed by atoms with Crippen molar-refractivity contribution in [2.45, 2.75) is 25.7 Å². The molecule has 8 aromatic heterocycles. The maximum atomic E-state index is 13.9. The highest BCUT2D eigenvalue weighted by atomic mass is 35.5. The Morgan fingerprint density at radius 3 is 1.08 bits per heavy atom. The fraction of sp³-hybridized carbons (Fsp3) is 0.275. The number of allylic oxidation sites excluding steroid dienone is 1. The number of carbonyl (C=O) groups is 2. The zero-order valence-electron chi connectivity index (χ0n) is 96.5. The second-order valence-electron chi connectivity index (χ2n) is 32.3. The Morgan fingerprint density at radius 1 is 0.445 bits per heavy atom. The number of nitrogens with one attached hydrogen (secondary N) is 6. The Bertz CT molecular complexity index is 8190. The molecule has 0 saturated carbocycles. The summed E-state index contributed by atoms with van der Waals surface area (Å²) in [6, 6.07) is 47.9. The molecule has 8 aromatic carbocycles. The number of nitro groups is 2. The number of hydrogen-bond donors (Lipinski definition) is 7. The number of carbonyl (C=O) groups excluding carboxylic acids is 2. The van der Waals surface area contributed by atoms with Gasteiger partial charge in [-0.1, -0.05) is 61.7 Å². The summed E-state index contributed by atoms with van der Waals surface area (Å²) >= 11 is 4.71. The van der Waals surface area contributed by atoms with Gasteiger partial charge >= 0.3 is 28.4 Å². The summed E-state index contributed by atoms with van der Waals surface area (Å²) < 4.78 is 151. The van der Waals surface area contributed by atoms with Gasteiger partial charge in [-0.25, -0.2) is 77.3 Å². The third-order valence-corrected chi connectivity index (χ3v) is 22.3. The van der Waals surface area contributed by atoms with Crippen LogP contribution in [-0.4, -0.2) is 284 Å². The number of benzene rings is 8. The van der Waals surface area contributed by atoms with Crippen LogP contribution in [0, 0.1) is 26.0 Å². The van der Waals surface area contributed by atoms with Crippen molar-refractivity contribution in [2.75, 3.05) is 191 Å². The molecule has 44 heteroatoms. The number of nitrogens with two attached hydrogens (primary N) is 1. The molecule has 8 heterocycles. The van der Waals surface area contributed by atoms with E-state index in [1.165, 1.54) is 92.9 Å². The van der Waals surface area contributed by atoms with Crippen LogP contribution in [0.15, 0.2) is 239 Å². The van der Waals surface area contributed by atoms with Crippen LogP contribution in [0.4, 0.5) is 44.2 Å². The molecule has 0 spiro atoms. The van der Waals surface area contributed by atoms with Crippen LogP contribution in [0.5, 0.6) is 23.0 Å². The molecule has 42 nitrogen and oxygen atoms in total. The first-order chi connectivity index (χ1) is 76.0. The monoisotopic (exact) mass is 2030 g/mol. The second-order valence-corrected chi connectivity index (χ2v) is 32.7. The van der Waals surface area contributed by atoms with E-state index >= 15 is 0 Å². The lowest BCUT2D eigenvalue weighted by atomic mass is 10.1. The summed E-state index contributed by atoms with van der Waals surface area (Å²) in [7, 11) is 17.4. The minimum atomic E-state index is -2.57. The maximum absolute atomic E-state index is 13.9. The van der Waals surface area contributed by atoms with E-state index < -0.39 is 67.4 Å². The molecule has 16 aromatic rings. The van der Waals surface area contributed by atoms with Crippen molar-refractivity contribution >= 4 is 107 Å². The molecule has 0 saturated heterocycles. The number of likely N-dealkylation sites (N-methyl/N-ethyl adjacent to an activating group) is 8. The van der Waals surface area contributed by atoms with Gasteiger partial charge in [0.1, 0.15) is 75.3 Å². The third-order valence-electron chi connectivity index (χ3n) is 22.1. The SMILES string of the molecule is C=CC(=O)Cl.COc1cc(F)c([N+](=O)[O-])cc1Cc1nccc(-n2c(=O)[nH]c3ccccc32)n1.[2H]C([2H])([2H])N(C)CCN(C)c1cc(OC)c(Cc2nccc(-n3c(=O)[nH]c4ccccc43)n2)cc1N.[2H]C([2H])([2H])N(C)CCN(C)c1cc(OC)c(Cc2nccc(-n3c(=O)[nH]c4ccccc43)n2)cc1NC(=O)C=C.[2H]C([2H])([2H])N(C)CCN(C)c1cc(OC)c(Cc2nccc(-n3c(=O)[nH]c4ccccc43)n2)cc1[N+](=O)[O-].[2H]C([2H])([2H])N(CCNC)C([2H])([2H])[2H]. The Balaban J connectivity index is 0.000000192. The molecule has 0 aliphatic rings. The van der Waals surface area contributed by atoms with Crippen molar-refractivity contribution in [1.82, 2.24) is 103 Å². The van der Waals surface area contributed by atoms with E-state index in [0.29, 0.717) is 168 Å². The number of ether oxygens (including phenoxy) is 4. The first kappa shape index (κ1) is 89.1. The molecule has 8 N–H and O–H groups in total. The van der Waals surface area contributed by atoms with E-state index in [9.17, 15) is 53.4 Å². The van der Waals surface area contributed by atoms with Gasteiger partial charge in [0.2, 0.25) is 17.0 Å². The van der Waals surface area contributed by atoms with Gasteiger partial charge in [-0.05, 0) is 172 Å². The maximum Gasteiger partial charge on any atom is 0.332 e. The average Bonchev–Trinajstić information content (AvgIpc) is 1.53. The Hall–Kier alpha value is -17.0. The first-order valence-electron chi connectivity index (χ1n) is 52.1. The number of imidazole rings is 4. The number of aromatic nitrogens is 16. The highest BCUT2D eigenvalue weighted by Gasteiger charge is 2.27. The van der Waals surface area contributed by atoms with Crippen molar-refractivity contribution < 1.29 is 63.3 Å². The first-order valence-corrected chi connectivity index (χ1v) is 45.0. The van der Waals surface area contributed by atoms with Crippen LogP contribution in [0.1, 0.15) is 66.1 Å². The van der Waals surface area contributed by atoms with Crippen LogP contribution in [0.25, 0.3) is 67.4 Å². The number of hydrogen-bond acceptors (Lipinski definition) is 31. The van der Waals surface area contributed by atoms with E-state index in [0.717, 1.165) is 40.5 Å². The average molecular weight is 2030 g/mol. The molecule has 0 bridgehead atoms. The van der Waals surface area contributed by atoms with Gasteiger partial charge in [0.15, 0.2) is 0 Å². The molecule has 0 aliphatic carbocycles. The number of nitrogen functional groups attached to an aromatic ring is 1. The molecule has 16 rings (SSSR count). The highest BCUT2D eigenvalue weighted by molar-refractivity contribution is 6.66. The predicted octanol–water partition coefficient (Wildman–Crippen LogP) is 11.2. The molecule has 0 radical (unpaired) electrons. The number of nitrogens with zero attached hydrogens (tertiary/aromatic N) is 21. The van der Waals surface area contributed by atoms with E-state index in [1.54, 1.807) is 125 Å². The van der Waals surface area contributed by atoms with Gasteiger partial charge in [-0.15, -0.1) is 0 Å². The zero-order chi connectivity index (χ0) is 118. The molecule has 0 aliphatic heterocycles. The number of H-pyrrole nitrogens is 4. The van der Waals surface area contributed by atoms with Crippen LogP contribution < -0.4 is 72.8 Å². The molecule has 0 atom stereocenters. The number of methoxy groups -OCH3 is 4. The number of rotatable bonds is 36. The summed E-state index contributed by atoms with van der Waals surface area (Å²) in [5.74, 6) is 3.43. The molecule has 0 unspecified atom stereocenters. The molecule has 146 heavy (non-hydrogen) atoms. The summed E-state index contributed by atoms with van der Waals surface area (Å²) in [6.45, 7) is -3.00. The number of para-hydroxylation sites is 8. The van der Waals surface area contributed by atoms with E-state index in [1.807, 2.05) is 95.7 Å². The highest BCUT2D eigenvalue weighted by Crippen LogP contribution is 2.39. The summed E-state index contributed by atoms with van der Waals surface area (Å²) in [5.41, 5.74) is 14.7. The smallest absolute Gasteiger partial charge is 0.332 e. The lowest BCUT2D eigenvalue weighted by molar-refractivity contribution is -0.387. The number of aromatic amines is 4. The van der Waals surface area contributed by atoms with Gasteiger partial charge in [0.05, 0.1) is 105 Å². The second kappa shape index (κ2) is 51.6. The number of nitro benzene ring substituents is 2. The van der Waals surface area contributed by atoms with Crippen molar-refractivity contribution in [3.63, 3.8) is 0 Å². The van der Waals surface area contributed by atoms with Gasteiger partial charge < -0.3 is 89.5 Å². The zero-order valence-corrected chi connectivity index (χ0v) is 82.2. The van der Waals surface area contributed by atoms with Crippen LogP contribution >= 0.6 is 11.6 Å². The topological polar surface area (TPSA) is 484 Å². The Labute approximate surface area is 865 Å². The third kappa shape index (κ3) is 28.5. The molecule has 1 amide bonds. The van der Waals surface area contributed by atoms with Crippen LogP contribution in [0.2, 0.25) is 0 Å². The predicted molar refractivity (Wildman–Crippen MR) is 567 cm³/mol. The fourth-order valence-electron chi connectivity index (χ4n) is 15.0. The minimum Gasteiger partial charge on any atom is -0.496 e. The minimum absolute atomic E-state index is 0.0243. The Morgan fingerprint density at radius 2 is 0.753 bits per heavy atom. The van der Waals surface area contributed by atoms with Crippen molar-refractivity contribution in [3.05, 3.63) is 333 Å². The molecule has 764 valence electrons. The van der Waals surface area contributed by atoms with Crippen LogP contribution in [-0.2, 0) is 35.3 Å². The van der Waals surface area contributed by atoms with Gasteiger partial charge in [0, 0.05) is 203 Å². The van der Waals surface area contributed by atoms with Crippen molar-refractivity contribution in [1.29, 1.82) is 0 Å². The number of amides is 1. The van der Waals surface area contributed by atoms with Gasteiger partial charge in [0.25, 0.3) is 5.69 Å². The van der Waals surface area contributed by atoms with Crippen LogP contribution in [0.3, 0.4) is 0 Å². The van der Waals surface area contributed by atoms with Crippen molar-refractivity contribution in [3.8, 4) is 46.3 Å². The van der Waals surface area contributed by atoms with Gasteiger partial charge in [-0.3, -0.25) is 29.8 Å². The molecular weight excluding hydrogens is 1900 g/mol. The van der Waals surface area contributed by atoms with E-state index in [-0.39, 0.29) is 85.3 Å². The fourth-order valence-corrected chi connectivity index (χ4v) is 15.0. The lowest BCUT2D eigenvalue weighted by Crippen LogP contribution is -2.29. The Kier molecular flexibility index (Phi) is 31.5.